The molecule has 0 saturated carbocycles. The molecule has 0 amide bonds. The van der Waals surface area contributed by atoms with Crippen LogP contribution in [0.3, 0.4) is 0 Å². The lowest BCUT2D eigenvalue weighted by molar-refractivity contribution is 1.02. The topological polar surface area (TPSA) is 101 Å². The van der Waals surface area contributed by atoms with Crippen molar-refractivity contribution < 1.29 is 0 Å². The monoisotopic (exact) mass is 354 g/mol. The number of benzene rings is 1. The second-order valence-electron chi connectivity index (χ2n) is 5.75. The van der Waals surface area contributed by atoms with Crippen molar-refractivity contribution in [1.82, 2.24) is 15.0 Å². The summed E-state index contributed by atoms with van der Waals surface area (Å²) >= 11 is 6.36. The summed E-state index contributed by atoms with van der Waals surface area (Å²) in [7, 11) is 0. The van der Waals surface area contributed by atoms with Gasteiger partial charge in [0.2, 0.25) is 0 Å². The first-order chi connectivity index (χ1) is 12.0. The zero-order chi connectivity index (χ0) is 18.0. The summed E-state index contributed by atoms with van der Waals surface area (Å²) in [5.41, 5.74) is 8.72. The first-order valence-electron chi connectivity index (χ1n) is 7.98. The summed E-state index contributed by atoms with van der Waals surface area (Å²) in [5.74, 6) is 0.825. The van der Waals surface area contributed by atoms with Crippen LogP contribution in [0.25, 0.3) is 10.8 Å². The van der Waals surface area contributed by atoms with E-state index >= 15 is 0 Å². The molecular formula is C18H19ClN6. The van der Waals surface area contributed by atoms with Gasteiger partial charge in [0.15, 0.2) is 0 Å². The molecule has 4 N–H and O–H groups in total. The molecule has 2 aromatic heterocycles. The summed E-state index contributed by atoms with van der Waals surface area (Å²) < 4.78 is 0. The van der Waals surface area contributed by atoms with Crippen LogP contribution in [0.4, 0.5) is 11.6 Å². The molecule has 3 aromatic rings. The maximum atomic E-state index is 8.07. The number of aryl methyl sites for hydroxylation is 1. The van der Waals surface area contributed by atoms with E-state index in [2.05, 4.69) is 20.3 Å². The molecule has 0 aliphatic carbocycles. The third-order valence-electron chi connectivity index (χ3n) is 4.04. The van der Waals surface area contributed by atoms with Crippen LogP contribution in [-0.4, -0.2) is 20.7 Å². The average molecular weight is 355 g/mol. The van der Waals surface area contributed by atoms with Crippen molar-refractivity contribution in [2.75, 3.05) is 11.1 Å². The number of hydrogen-bond donors (Lipinski definition) is 3. The maximum absolute atomic E-state index is 8.07. The minimum Gasteiger partial charge on any atom is -0.383 e. The van der Waals surface area contributed by atoms with Gasteiger partial charge in [-0.15, -0.1) is 0 Å². The van der Waals surface area contributed by atoms with Gasteiger partial charge < -0.3 is 16.5 Å². The van der Waals surface area contributed by atoms with Gasteiger partial charge in [-0.3, -0.25) is 0 Å². The van der Waals surface area contributed by atoms with Gasteiger partial charge in [0.1, 0.15) is 23.1 Å². The quantitative estimate of drug-likeness (QED) is 0.475. The van der Waals surface area contributed by atoms with E-state index in [-0.39, 0.29) is 0 Å². The Bertz CT molecular complexity index is 954. The third kappa shape index (κ3) is 3.39. The fourth-order valence-electron chi connectivity index (χ4n) is 2.76. The summed E-state index contributed by atoms with van der Waals surface area (Å²) in [4.78, 5) is 12.7. The van der Waals surface area contributed by atoms with E-state index in [4.69, 9.17) is 22.7 Å². The molecule has 25 heavy (non-hydrogen) atoms. The number of hydrogen-bond acceptors (Lipinski definition) is 6. The lowest BCUT2D eigenvalue weighted by atomic mass is 10.1. The summed E-state index contributed by atoms with van der Waals surface area (Å²) in [6, 6.07) is 8.02. The maximum Gasteiger partial charge on any atom is 0.140 e. The Morgan fingerprint density at radius 1 is 1.32 bits per heavy atom. The minimum absolute atomic E-state index is 0.296. The SMILES string of the molecule is CCC(=N)c1c(N)ncnc1NCc1cc2cccc(C)c2c(Cl)n1. The van der Waals surface area contributed by atoms with Crippen LogP contribution in [-0.2, 0) is 6.54 Å². The number of nitrogens with one attached hydrogen (secondary N) is 2. The first kappa shape index (κ1) is 17.1. The van der Waals surface area contributed by atoms with Crippen molar-refractivity contribution in [3.63, 3.8) is 0 Å². The smallest absolute Gasteiger partial charge is 0.140 e. The van der Waals surface area contributed by atoms with Crippen LogP contribution < -0.4 is 11.1 Å². The highest BCUT2D eigenvalue weighted by Crippen LogP contribution is 2.26. The lowest BCUT2D eigenvalue weighted by Gasteiger charge is -2.13. The number of nitrogens with zero attached hydrogens (tertiary/aromatic N) is 3. The summed E-state index contributed by atoms with van der Waals surface area (Å²) in [6.07, 6.45) is 1.93. The standard InChI is InChI=1S/C18H19ClN6/c1-3-13(20)15-17(21)23-9-24-18(15)22-8-12-7-11-6-4-5-10(2)14(11)16(19)25-12/h4-7,9,20H,3,8H2,1-2H3,(H3,21,22,23,24). The van der Waals surface area contributed by atoms with Gasteiger partial charge in [0.25, 0.3) is 0 Å². The number of rotatable bonds is 5. The number of anilines is 2. The molecular weight excluding hydrogens is 336 g/mol. The van der Waals surface area contributed by atoms with Crippen LogP contribution >= 0.6 is 11.6 Å². The molecule has 0 spiro atoms. The predicted molar refractivity (Wildman–Crippen MR) is 102 cm³/mol. The lowest BCUT2D eigenvalue weighted by Crippen LogP contribution is -2.13. The Balaban J connectivity index is 1.91. The van der Waals surface area contributed by atoms with Crippen LogP contribution in [0, 0.1) is 12.3 Å². The van der Waals surface area contributed by atoms with E-state index in [9.17, 15) is 0 Å². The van der Waals surface area contributed by atoms with Crippen molar-refractivity contribution in [2.24, 2.45) is 0 Å². The number of nitrogen functional groups attached to an aromatic ring is 1. The predicted octanol–water partition coefficient (Wildman–Crippen LogP) is 3.96. The van der Waals surface area contributed by atoms with Gasteiger partial charge >= 0.3 is 0 Å². The van der Waals surface area contributed by atoms with Crippen molar-refractivity contribution in [3.05, 3.63) is 52.6 Å². The van der Waals surface area contributed by atoms with E-state index in [1.165, 1.54) is 6.33 Å². The Morgan fingerprint density at radius 3 is 2.88 bits per heavy atom. The Morgan fingerprint density at radius 2 is 2.12 bits per heavy atom. The molecule has 128 valence electrons. The number of fused-ring (bicyclic) bond motifs is 1. The summed E-state index contributed by atoms with van der Waals surface area (Å²) in [6.45, 7) is 4.33. The van der Waals surface area contributed by atoms with Gasteiger partial charge in [-0.2, -0.15) is 0 Å². The van der Waals surface area contributed by atoms with Crippen molar-refractivity contribution in [3.8, 4) is 0 Å². The first-order valence-corrected chi connectivity index (χ1v) is 8.36. The molecule has 1 aromatic carbocycles. The van der Waals surface area contributed by atoms with Crippen LogP contribution in [0.1, 0.15) is 30.2 Å². The molecule has 6 nitrogen and oxygen atoms in total. The molecule has 0 atom stereocenters. The van der Waals surface area contributed by atoms with Gasteiger partial charge in [0, 0.05) is 11.1 Å². The number of halogens is 1. The van der Waals surface area contributed by atoms with Gasteiger partial charge in [0.05, 0.1) is 17.8 Å². The van der Waals surface area contributed by atoms with Gasteiger partial charge in [-0.1, -0.05) is 36.7 Å². The van der Waals surface area contributed by atoms with Crippen LogP contribution in [0.2, 0.25) is 5.15 Å². The zero-order valence-electron chi connectivity index (χ0n) is 14.1. The van der Waals surface area contributed by atoms with Crippen molar-refractivity contribution >= 4 is 39.7 Å². The molecule has 7 heteroatoms. The molecule has 0 saturated heterocycles. The van der Waals surface area contributed by atoms with Crippen LogP contribution in [0.15, 0.2) is 30.6 Å². The molecule has 2 heterocycles. The van der Waals surface area contributed by atoms with Gasteiger partial charge in [-0.05, 0) is 30.4 Å². The number of aromatic nitrogens is 3. The van der Waals surface area contributed by atoms with E-state index in [0.717, 1.165) is 22.0 Å². The molecule has 3 rings (SSSR count). The molecule has 0 bridgehead atoms. The van der Waals surface area contributed by atoms with E-state index < -0.39 is 0 Å². The van der Waals surface area contributed by atoms with Crippen LogP contribution in [0.5, 0.6) is 0 Å². The molecule has 0 unspecified atom stereocenters. The summed E-state index contributed by atoms with van der Waals surface area (Å²) in [5, 5.41) is 13.8. The highest BCUT2D eigenvalue weighted by atomic mass is 35.5. The van der Waals surface area contributed by atoms with E-state index in [0.29, 0.717) is 41.0 Å². The third-order valence-corrected chi connectivity index (χ3v) is 4.32. The van der Waals surface area contributed by atoms with Crippen molar-refractivity contribution in [2.45, 2.75) is 26.8 Å². The molecule has 0 aliphatic rings. The fourth-order valence-corrected chi connectivity index (χ4v) is 3.13. The fraction of sp³-hybridized carbons (Fsp3) is 0.222. The minimum atomic E-state index is 0.296. The van der Waals surface area contributed by atoms with Crippen molar-refractivity contribution in [1.29, 1.82) is 5.41 Å². The average Bonchev–Trinajstić information content (AvgIpc) is 2.59. The van der Waals surface area contributed by atoms with E-state index in [1.807, 2.05) is 38.1 Å². The highest BCUT2D eigenvalue weighted by molar-refractivity contribution is 6.34. The normalized spacial score (nSPS) is 10.8. The molecule has 0 aliphatic heterocycles. The highest BCUT2D eigenvalue weighted by Gasteiger charge is 2.14. The second-order valence-corrected chi connectivity index (χ2v) is 6.10. The zero-order valence-corrected chi connectivity index (χ0v) is 14.9. The number of nitrogens with two attached hydrogens (primary N) is 1. The second kappa shape index (κ2) is 7.03. The molecule has 0 radical (unpaired) electrons. The van der Waals surface area contributed by atoms with E-state index in [1.54, 1.807) is 0 Å². The Hall–Kier alpha value is -2.73. The molecule has 0 fully saturated rings. The Kier molecular flexibility index (Phi) is 4.81. The largest absolute Gasteiger partial charge is 0.383 e. The number of pyridine rings is 1. The Labute approximate surface area is 151 Å². The van der Waals surface area contributed by atoms with Gasteiger partial charge in [-0.25, -0.2) is 15.0 Å².